The molecule has 0 unspecified atom stereocenters. The van der Waals surface area contributed by atoms with E-state index in [-0.39, 0.29) is 17.7 Å². The molecule has 7 heteroatoms. The second kappa shape index (κ2) is 7.85. The molecule has 0 spiro atoms. The quantitative estimate of drug-likeness (QED) is 0.757. The van der Waals surface area contributed by atoms with Crippen molar-refractivity contribution in [2.24, 2.45) is 11.7 Å². The molecule has 0 aliphatic heterocycles. The molecule has 4 N–H and O–H groups in total. The van der Waals surface area contributed by atoms with Crippen molar-refractivity contribution in [2.75, 3.05) is 17.2 Å². The Hall–Kier alpha value is -2.25. The largest absolute Gasteiger partial charge is 0.330 e. The molecule has 0 radical (unpaired) electrons. The van der Waals surface area contributed by atoms with E-state index in [4.69, 9.17) is 5.73 Å². The van der Waals surface area contributed by atoms with Crippen LogP contribution in [0.2, 0.25) is 0 Å². The molecule has 0 aliphatic carbocycles. The fourth-order valence-electron chi connectivity index (χ4n) is 1.77. The lowest BCUT2D eigenvalue weighted by atomic mass is 10.2. The molecule has 0 saturated carbocycles. The maximum Gasteiger partial charge on any atom is 0.275 e. The number of nitrogens with two attached hydrogens (primary N) is 1. The summed E-state index contributed by atoms with van der Waals surface area (Å²) < 4.78 is 0. The van der Waals surface area contributed by atoms with Crippen molar-refractivity contribution in [2.45, 2.75) is 20.3 Å². The maximum absolute atomic E-state index is 12.1. The average Bonchev–Trinajstić information content (AvgIpc) is 2.98. The van der Waals surface area contributed by atoms with E-state index >= 15 is 0 Å². The van der Waals surface area contributed by atoms with Crippen molar-refractivity contribution < 1.29 is 9.59 Å². The number of nitrogens with one attached hydrogen (secondary N) is 2. The molecule has 6 nitrogen and oxygen atoms in total. The van der Waals surface area contributed by atoms with E-state index in [0.717, 1.165) is 5.01 Å². The summed E-state index contributed by atoms with van der Waals surface area (Å²) in [5, 5.41) is 8.15. The number of thiazole rings is 1. The van der Waals surface area contributed by atoms with Crippen LogP contribution in [0.3, 0.4) is 0 Å². The monoisotopic (exact) mass is 332 g/mol. The first-order chi connectivity index (χ1) is 11.0. The highest BCUT2D eigenvalue weighted by molar-refractivity contribution is 7.09. The van der Waals surface area contributed by atoms with Crippen LogP contribution in [0.15, 0.2) is 29.6 Å². The minimum atomic E-state index is -0.261. The van der Waals surface area contributed by atoms with Crippen LogP contribution >= 0.6 is 11.3 Å². The van der Waals surface area contributed by atoms with Crippen LogP contribution in [-0.2, 0) is 11.2 Å². The number of anilines is 2. The minimum Gasteiger partial charge on any atom is -0.330 e. The molecule has 2 rings (SSSR count). The van der Waals surface area contributed by atoms with Gasteiger partial charge in [-0.3, -0.25) is 9.59 Å². The molecule has 0 aliphatic rings. The molecule has 122 valence electrons. The van der Waals surface area contributed by atoms with E-state index in [1.54, 1.807) is 29.6 Å². The van der Waals surface area contributed by atoms with E-state index < -0.39 is 0 Å². The van der Waals surface area contributed by atoms with E-state index in [1.807, 2.05) is 13.8 Å². The van der Waals surface area contributed by atoms with Crippen LogP contribution in [0, 0.1) is 5.92 Å². The molecule has 2 aromatic rings. The lowest BCUT2D eigenvalue weighted by Crippen LogP contribution is -2.17. The number of carbonyl (C=O) groups excluding carboxylic acids is 2. The van der Waals surface area contributed by atoms with Gasteiger partial charge in [-0.15, -0.1) is 11.3 Å². The highest BCUT2D eigenvalue weighted by atomic mass is 32.1. The summed E-state index contributed by atoms with van der Waals surface area (Å²) in [7, 11) is 0. The van der Waals surface area contributed by atoms with Crippen molar-refractivity contribution >= 4 is 34.5 Å². The Labute approximate surface area is 139 Å². The Morgan fingerprint density at radius 3 is 2.35 bits per heavy atom. The molecule has 0 atom stereocenters. The van der Waals surface area contributed by atoms with Gasteiger partial charge in [0.1, 0.15) is 5.69 Å². The van der Waals surface area contributed by atoms with Gasteiger partial charge in [0, 0.05) is 29.1 Å². The second-order valence-electron chi connectivity index (χ2n) is 5.34. The van der Waals surface area contributed by atoms with Gasteiger partial charge in [-0.1, -0.05) is 13.8 Å². The smallest absolute Gasteiger partial charge is 0.275 e. The van der Waals surface area contributed by atoms with Crippen LogP contribution in [-0.4, -0.2) is 23.3 Å². The lowest BCUT2D eigenvalue weighted by molar-refractivity contribution is -0.118. The zero-order chi connectivity index (χ0) is 16.8. The zero-order valence-electron chi connectivity index (χ0n) is 13.1. The van der Waals surface area contributed by atoms with Gasteiger partial charge in [-0.25, -0.2) is 4.98 Å². The Morgan fingerprint density at radius 1 is 1.17 bits per heavy atom. The third-order valence-corrected chi connectivity index (χ3v) is 3.99. The number of aromatic nitrogens is 1. The maximum atomic E-state index is 12.1. The molecule has 0 saturated heterocycles. The molecular formula is C16H20N4O2S. The van der Waals surface area contributed by atoms with Crippen LogP contribution in [0.1, 0.15) is 29.3 Å². The molecule has 23 heavy (non-hydrogen) atoms. The summed E-state index contributed by atoms with van der Waals surface area (Å²) in [4.78, 5) is 28.0. The average molecular weight is 332 g/mol. The molecular weight excluding hydrogens is 312 g/mol. The first-order valence-electron chi connectivity index (χ1n) is 7.36. The lowest BCUT2D eigenvalue weighted by Gasteiger charge is -2.09. The fraction of sp³-hybridized carbons (Fsp3) is 0.312. The van der Waals surface area contributed by atoms with Gasteiger partial charge < -0.3 is 16.4 Å². The Bertz CT molecular complexity index is 680. The van der Waals surface area contributed by atoms with Crippen molar-refractivity contribution in [3.8, 4) is 0 Å². The van der Waals surface area contributed by atoms with Crippen molar-refractivity contribution in [3.05, 3.63) is 40.3 Å². The van der Waals surface area contributed by atoms with Gasteiger partial charge in [-0.2, -0.15) is 0 Å². The normalized spacial score (nSPS) is 10.6. The number of rotatable bonds is 6. The Kier molecular flexibility index (Phi) is 5.84. The molecule has 0 fully saturated rings. The minimum absolute atomic E-state index is 0.0447. The van der Waals surface area contributed by atoms with E-state index in [1.165, 1.54) is 11.3 Å². The van der Waals surface area contributed by atoms with E-state index in [2.05, 4.69) is 15.6 Å². The van der Waals surface area contributed by atoms with Crippen molar-refractivity contribution in [3.63, 3.8) is 0 Å². The highest BCUT2D eigenvalue weighted by Crippen LogP contribution is 2.16. The highest BCUT2D eigenvalue weighted by Gasteiger charge is 2.11. The third kappa shape index (κ3) is 4.87. The number of nitrogens with zero attached hydrogens (tertiary/aromatic N) is 1. The summed E-state index contributed by atoms with van der Waals surface area (Å²) in [6.07, 6.45) is 0.669. The van der Waals surface area contributed by atoms with Gasteiger partial charge >= 0.3 is 0 Å². The fourth-order valence-corrected chi connectivity index (χ4v) is 2.57. The Morgan fingerprint density at radius 2 is 1.78 bits per heavy atom. The third-order valence-electron chi connectivity index (χ3n) is 3.08. The number of benzene rings is 1. The molecule has 1 aromatic heterocycles. The molecule has 2 amide bonds. The van der Waals surface area contributed by atoms with Gasteiger partial charge in [0.15, 0.2) is 0 Å². The molecule has 1 heterocycles. The summed E-state index contributed by atoms with van der Waals surface area (Å²) in [5.41, 5.74) is 7.20. The number of hydrogen-bond donors (Lipinski definition) is 3. The summed E-state index contributed by atoms with van der Waals surface area (Å²) in [5.74, 6) is -0.387. The topological polar surface area (TPSA) is 97.1 Å². The SMILES string of the molecule is CC(C)C(=O)Nc1ccc(NC(=O)c2csc(CCN)n2)cc1. The summed E-state index contributed by atoms with van der Waals surface area (Å²) in [6.45, 7) is 4.17. The van der Waals surface area contributed by atoms with Crippen molar-refractivity contribution in [1.82, 2.24) is 4.98 Å². The van der Waals surface area contributed by atoms with Crippen LogP contribution in [0.5, 0.6) is 0 Å². The summed E-state index contributed by atoms with van der Waals surface area (Å²) >= 11 is 1.43. The van der Waals surface area contributed by atoms with E-state index in [9.17, 15) is 9.59 Å². The number of hydrogen-bond acceptors (Lipinski definition) is 5. The van der Waals surface area contributed by atoms with Crippen LogP contribution < -0.4 is 16.4 Å². The first kappa shape index (κ1) is 17.1. The summed E-state index contributed by atoms with van der Waals surface area (Å²) in [6, 6.07) is 6.97. The van der Waals surface area contributed by atoms with Crippen LogP contribution in [0.25, 0.3) is 0 Å². The second-order valence-corrected chi connectivity index (χ2v) is 6.28. The van der Waals surface area contributed by atoms with Gasteiger partial charge in [0.2, 0.25) is 5.91 Å². The van der Waals surface area contributed by atoms with Crippen LogP contribution in [0.4, 0.5) is 11.4 Å². The van der Waals surface area contributed by atoms with Gasteiger partial charge in [0.05, 0.1) is 5.01 Å². The van der Waals surface area contributed by atoms with Crippen molar-refractivity contribution in [1.29, 1.82) is 0 Å². The standard InChI is InChI=1S/C16H20N4O2S/c1-10(2)15(21)18-11-3-5-12(6-4-11)19-16(22)13-9-23-14(20-13)7-8-17/h3-6,9-10H,7-8,17H2,1-2H3,(H,18,21)(H,19,22). The number of amides is 2. The van der Waals surface area contributed by atoms with Gasteiger partial charge in [0.25, 0.3) is 5.91 Å². The van der Waals surface area contributed by atoms with E-state index in [0.29, 0.717) is 30.0 Å². The predicted molar refractivity (Wildman–Crippen MR) is 92.7 cm³/mol. The number of carbonyl (C=O) groups is 2. The predicted octanol–water partition coefficient (Wildman–Crippen LogP) is 2.49. The van der Waals surface area contributed by atoms with Gasteiger partial charge in [-0.05, 0) is 30.8 Å². The molecule has 1 aromatic carbocycles. The first-order valence-corrected chi connectivity index (χ1v) is 8.24. The Balaban J connectivity index is 1.97. The molecule has 0 bridgehead atoms. The zero-order valence-corrected chi connectivity index (χ0v) is 13.9.